The summed E-state index contributed by atoms with van der Waals surface area (Å²) in [5, 5.41) is 8.95. The summed E-state index contributed by atoms with van der Waals surface area (Å²) < 4.78 is 47.2. The van der Waals surface area contributed by atoms with Gasteiger partial charge in [0.1, 0.15) is 0 Å². The van der Waals surface area contributed by atoms with E-state index < -0.39 is 19.7 Å². The van der Waals surface area contributed by atoms with Gasteiger partial charge in [0.05, 0.1) is 21.2 Å². The molecule has 0 saturated carbocycles. The number of nitrogens with zero attached hydrogens (tertiary/aromatic N) is 5. The molecule has 222 valence electrons. The fraction of sp³-hybridized carbons (Fsp3) is 0.200. The molecule has 1 aliphatic rings. The summed E-state index contributed by atoms with van der Waals surface area (Å²) in [7, 11) is -6.59. The lowest BCUT2D eigenvalue weighted by Crippen LogP contribution is -2.17. The Morgan fingerprint density at radius 2 is 1.19 bits per heavy atom. The fourth-order valence-corrected chi connectivity index (χ4v) is 5.77. The van der Waals surface area contributed by atoms with Crippen LogP contribution in [0, 0.1) is 0 Å². The molecule has 1 aliphatic heterocycles. The van der Waals surface area contributed by atoms with Gasteiger partial charge in [-0.1, -0.05) is 42.5 Å². The van der Waals surface area contributed by atoms with E-state index in [4.69, 9.17) is 9.97 Å². The third-order valence-electron chi connectivity index (χ3n) is 6.92. The van der Waals surface area contributed by atoms with E-state index in [0.717, 1.165) is 23.2 Å². The van der Waals surface area contributed by atoms with Crippen LogP contribution in [0.25, 0.3) is 0 Å². The van der Waals surface area contributed by atoms with E-state index in [-0.39, 0.29) is 9.79 Å². The number of aromatic nitrogens is 2. The van der Waals surface area contributed by atoms with E-state index in [9.17, 15) is 16.8 Å². The average molecular weight is 618 g/mol. The number of rotatable bonds is 9. The lowest BCUT2D eigenvalue weighted by atomic mass is 10.1. The molecule has 5 rings (SSSR count). The van der Waals surface area contributed by atoms with Gasteiger partial charge in [-0.15, -0.1) is 0 Å². The third-order valence-corrected chi connectivity index (χ3v) is 9.18. The van der Waals surface area contributed by atoms with E-state index >= 15 is 0 Å². The predicted octanol–water partition coefficient (Wildman–Crippen LogP) is 4.65. The Labute approximate surface area is 251 Å². The molecule has 43 heavy (non-hydrogen) atoms. The highest BCUT2D eigenvalue weighted by Gasteiger charge is 2.23. The molecule has 0 bridgehead atoms. The van der Waals surface area contributed by atoms with E-state index in [1.807, 2.05) is 36.9 Å². The van der Waals surface area contributed by atoms with Crippen molar-refractivity contribution in [3.8, 4) is 0 Å². The zero-order valence-corrected chi connectivity index (χ0v) is 25.7. The van der Waals surface area contributed by atoms with Crippen LogP contribution < -0.4 is 15.8 Å². The van der Waals surface area contributed by atoms with Gasteiger partial charge in [0, 0.05) is 30.8 Å². The van der Waals surface area contributed by atoms with Crippen molar-refractivity contribution >= 4 is 54.4 Å². The number of para-hydroxylation sites is 1. The average Bonchev–Trinajstić information content (AvgIpc) is 3.42. The molecular formula is C30H31N7O4S2. The van der Waals surface area contributed by atoms with Crippen molar-refractivity contribution in [2.75, 3.05) is 34.8 Å². The number of sulfone groups is 2. The second-order valence-corrected chi connectivity index (χ2v) is 14.2. The minimum Gasteiger partial charge on any atom is -0.310 e. The highest BCUT2D eigenvalue weighted by molar-refractivity contribution is 7.91. The number of hydrogen-bond acceptors (Lipinski definition) is 11. The van der Waals surface area contributed by atoms with E-state index in [1.165, 1.54) is 18.1 Å². The first-order valence-electron chi connectivity index (χ1n) is 13.3. The van der Waals surface area contributed by atoms with E-state index in [2.05, 4.69) is 27.1 Å². The van der Waals surface area contributed by atoms with Crippen LogP contribution in [0.1, 0.15) is 30.5 Å². The summed E-state index contributed by atoms with van der Waals surface area (Å²) in [4.78, 5) is 11.9. The molecule has 0 spiro atoms. The SMILES string of the molecule is CC(=NNc1cc(NN=C(C)c2ccc(S(C)(=O)=O)cc2)nc(N2CCc3ccccc32)n1)c1ccc(S(C)(=O)=O)cc1. The maximum absolute atomic E-state index is 11.8. The molecule has 0 saturated heterocycles. The highest BCUT2D eigenvalue weighted by atomic mass is 32.2. The summed E-state index contributed by atoms with van der Waals surface area (Å²) in [5.74, 6) is 1.32. The summed E-state index contributed by atoms with van der Waals surface area (Å²) in [6.45, 7) is 4.33. The molecule has 0 fully saturated rings. The Morgan fingerprint density at radius 1 is 0.721 bits per heavy atom. The minimum absolute atomic E-state index is 0.237. The van der Waals surface area contributed by atoms with Crippen molar-refractivity contribution in [1.29, 1.82) is 0 Å². The van der Waals surface area contributed by atoms with Crippen LogP contribution >= 0.6 is 0 Å². The number of hydrogen-bond donors (Lipinski definition) is 2. The number of nitrogens with one attached hydrogen (secondary N) is 2. The van der Waals surface area contributed by atoms with Gasteiger partial charge in [-0.3, -0.25) is 10.9 Å². The summed E-state index contributed by atoms with van der Waals surface area (Å²) in [6, 6.07) is 22.8. The van der Waals surface area contributed by atoms with Crippen LogP contribution in [0.5, 0.6) is 0 Å². The fourth-order valence-electron chi connectivity index (χ4n) is 4.51. The zero-order chi connectivity index (χ0) is 30.8. The maximum atomic E-state index is 11.8. The van der Waals surface area contributed by atoms with Crippen molar-refractivity contribution in [1.82, 2.24) is 9.97 Å². The molecule has 0 amide bonds. The zero-order valence-electron chi connectivity index (χ0n) is 24.1. The van der Waals surface area contributed by atoms with Gasteiger partial charge >= 0.3 is 0 Å². The van der Waals surface area contributed by atoms with E-state index in [0.29, 0.717) is 35.6 Å². The first-order valence-corrected chi connectivity index (χ1v) is 17.1. The smallest absolute Gasteiger partial charge is 0.233 e. The van der Waals surface area contributed by atoms with Crippen molar-refractivity contribution < 1.29 is 16.8 Å². The van der Waals surface area contributed by atoms with Crippen LogP contribution in [0.3, 0.4) is 0 Å². The summed E-state index contributed by atoms with van der Waals surface area (Å²) in [6.07, 6.45) is 3.20. The third kappa shape index (κ3) is 7.07. The molecule has 11 nitrogen and oxygen atoms in total. The molecule has 1 aromatic heterocycles. The normalized spacial score (nSPS) is 14.0. The summed E-state index contributed by atoms with van der Waals surface area (Å²) >= 11 is 0. The summed E-state index contributed by atoms with van der Waals surface area (Å²) in [5.41, 5.74) is 11.0. The highest BCUT2D eigenvalue weighted by Crippen LogP contribution is 2.33. The molecule has 2 heterocycles. The van der Waals surface area contributed by atoms with Crippen molar-refractivity contribution in [2.45, 2.75) is 30.1 Å². The largest absolute Gasteiger partial charge is 0.310 e. The first kappa shape index (κ1) is 29.9. The number of anilines is 4. The second-order valence-electron chi connectivity index (χ2n) is 10.2. The molecular weight excluding hydrogens is 587 g/mol. The maximum Gasteiger partial charge on any atom is 0.233 e. The van der Waals surface area contributed by atoms with Crippen LogP contribution in [-0.2, 0) is 26.1 Å². The molecule has 3 aromatic carbocycles. The van der Waals surface area contributed by atoms with Gasteiger partial charge in [-0.25, -0.2) is 16.8 Å². The van der Waals surface area contributed by atoms with Gasteiger partial charge in [-0.05, 0) is 67.3 Å². The van der Waals surface area contributed by atoms with Gasteiger partial charge in [0.25, 0.3) is 0 Å². The molecule has 2 N–H and O–H groups in total. The predicted molar refractivity (Wildman–Crippen MR) is 170 cm³/mol. The molecule has 0 unspecified atom stereocenters. The Hall–Kier alpha value is -4.62. The topological polar surface area (TPSA) is 146 Å². The van der Waals surface area contributed by atoms with Crippen LogP contribution in [0.2, 0.25) is 0 Å². The van der Waals surface area contributed by atoms with Crippen molar-refractivity contribution in [2.24, 2.45) is 10.2 Å². The molecule has 0 radical (unpaired) electrons. The van der Waals surface area contributed by atoms with Crippen LogP contribution in [0.15, 0.2) is 98.9 Å². The lowest BCUT2D eigenvalue weighted by molar-refractivity contribution is 0.600. The Bertz CT molecular complexity index is 1830. The van der Waals surface area contributed by atoms with Gasteiger partial charge < -0.3 is 4.90 Å². The van der Waals surface area contributed by atoms with Crippen LogP contribution in [0.4, 0.5) is 23.3 Å². The Morgan fingerprint density at radius 3 is 1.65 bits per heavy atom. The minimum atomic E-state index is -3.30. The Balaban J connectivity index is 1.43. The molecule has 4 aromatic rings. The van der Waals surface area contributed by atoms with Gasteiger partial charge in [0.2, 0.25) is 5.95 Å². The molecule has 0 atom stereocenters. The van der Waals surface area contributed by atoms with E-state index in [1.54, 1.807) is 54.6 Å². The number of benzene rings is 3. The molecule has 13 heteroatoms. The van der Waals surface area contributed by atoms with Crippen molar-refractivity contribution in [3.05, 3.63) is 95.6 Å². The molecule has 0 aliphatic carbocycles. The standard InChI is InChI=1S/C30H31N7O4S2/c1-20(22-9-13-25(14-10-22)42(3,38)39)33-35-28-19-29(32-30(31-28)37-18-17-24-7-5-6-8-27(24)37)36-34-21(2)23-11-15-26(16-12-23)43(4,40)41/h5-16,19H,17-18H2,1-4H3,(H2,31,32,35,36). The monoisotopic (exact) mass is 617 g/mol. The van der Waals surface area contributed by atoms with Gasteiger partial charge in [-0.2, -0.15) is 20.2 Å². The Kier molecular flexibility index (Phi) is 8.29. The quantitative estimate of drug-likeness (QED) is 0.202. The van der Waals surface area contributed by atoms with Crippen LogP contribution in [-0.4, -0.2) is 57.3 Å². The number of hydrazone groups is 2. The lowest BCUT2D eigenvalue weighted by Gasteiger charge is -2.18. The number of fused-ring (bicyclic) bond motifs is 1. The van der Waals surface area contributed by atoms with Crippen molar-refractivity contribution in [3.63, 3.8) is 0 Å². The first-order chi connectivity index (χ1) is 20.4. The van der Waals surface area contributed by atoms with Gasteiger partial charge in [0.15, 0.2) is 31.3 Å². The second kappa shape index (κ2) is 11.9.